The Bertz CT molecular complexity index is 284. The van der Waals surface area contributed by atoms with Gasteiger partial charge in [0.1, 0.15) is 0 Å². The van der Waals surface area contributed by atoms with Gasteiger partial charge in [-0.2, -0.15) is 16.8 Å². The number of ether oxygens (including phenoxy) is 1. The Morgan fingerprint density at radius 1 is 0.812 bits per heavy atom. The van der Waals surface area contributed by atoms with Crippen LogP contribution in [0, 0.1) is 0 Å². The van der Waals surface area contributed by atoms with Gasteiger partial charge in [0.05, 0.1) is 13.2 Å². The van der Waals surface area contributed by atoms with Crippen LogP contribution in [0.3, 0.4) is 0 Å². The number of morpholine rings is 1. The molecule has 100 valence electrons. The topological polar surface area (TPSA) is 170 Å². The van der Waals surface area contributed by atoms with E-state index in [-0.39, 0.29) is 0 Å². The van der Waals surface area contributed by atoms with E-state index in [1.807, 2.05) is 0 Å². The molecule has 1 aliphatic heterocycles. The van der Waals surface area contributed by atoms with E-state index in [1.54, 1.807) is 0 Å². The summed E-state index contributed by atoms with van der Waals surface area (Å²) in [4.78, 5) is 0. The molecule has 0 saturated carbocycles. The highest BCUT2D eigenvalue weighted by atomic mass is 32.3. The quantitative estimate of drug-likeness (QED) is 0.323. The summed E-state index contributed by atoms with van der Waals surface area (Å²) in [5.41, 5.74) is 0. The Morgan fingerprint density at radius 3 is 1.12 bits per heavy atom. The first-order valence-electron chi connectivity index (χ1n) is 3.68. The van der Waals surface area contributed by atoms with E-state index in [0.717, 1.165) is 26.3 Å². The normalized spacial score (nSPS) is 16.2. The second kappa shape index (κ2) is 8.77. The fourth-order valence-electron chi connectivity index (χ4n) is 0.516. The lowest BCUT2D eigenvalue weighted by molar-refractivity contribution is 0.109. The van der Waals surface area contributed by atoms with Crippen molar-refractivity contribution in [3.63, 3.8) is 0 Å². The summed E-state index contributed by atoms with van der Waals surface area (Å²) in [7, 11) is -9.33. The van der Waals surface area contributed by atoms with Crippen LogP contribution in [0.4, 0.5) is 0 Å². The Morgan fingerprint density at radius 2 is 1.06 bits per heavy atom. The van der Waals surface area contributed by atoms with Gasteiger partial charge in [0.2, 0.25) is 0 Å². The molecule has 0 atom stereocenters. The molecule has 1 heterocycles. The van der Waals surface area contributed by atoms with Crippen molar-refractivity contribution in [2.45, 2.75) is 0 Å². The highest BCUT2D eigenvalue weighted by molar-refractivity contribution is 7.80. The predicted octanol–water partition coefficient (Wildman–Crippen LogP) is -1.70. The molecule has 0 radical (unpaired) electrons. The van der Waals surface area contributed by atoms with Crippen molar-refractivity contribution in [1.82, 2.24) is 5.32 Å². The van der Waals surface area contributed by atoms with Crippen LogP contribution in [-0.4, -0.2) is 61.3 Å². The first kappa shape index (κ1) is 18.0. The van der Waals surface area contributed by atoms with Crippen LogP contribution in [0.5, 0.6) is 0 Å². The summed E-state index contributed by atoms with van der Waals surface area (Å²) >= 11 is 0. The van der Waals surface area contributed by atoms with Gasteiger partial charge in [-0.3, -0.25) is 18.2 Å². The molecule has 0 aliphatic carbocycles. The van der Waals surface area contributed by atoms with Crippen molar-refractivity contribution in [3.05, 3.63) is 0 Å². The fraction of sp³-hybridized carbons (Fsp3) is 1.00. The van der Waals surface area contributed by atoms with Gasteiger partial charge in [-0.15, -0.1) is 0 Å². The highest BCUT2D eigenvalue weighted by Crippen LogP contribution is 1.76. The Hall–Kier alpha value is -0.340. The van der Waals surface area contributed by atoms with Gasteiger partial charge < -0.3 is 10.1 Å². The molecule has 10 nitrogen and oxygen atoms in total. The molecule has 0 amide bonds. The largest absolute Gasteiger partial charge is 0.394 e. The number of rotatable bonds is 0. The van der Waals surface area contributed by atoms with E-state index in [0.29, 0.717) is 0 Å². The third-order valence-corrected chi connectivity index (χ3v) is 0.846. The lowest BCUT2D eigenvalue weighted by atomic mass is 10.5. The molecule has 0 spiro atoms. The van der Waals surface area contributed by atoms with Crippen LogP contribution in [0.15, 0.2) is 0 Å². The Balaban J connectivity index is 0. The minimum atomic E-state index is -4.67. The second-order valence-electron chi connectivity index (χ2n) is 2.26. The molecule has 1 saturated heterocycles. The zero-order valence-electron chi connectivity index (χ0n) is 7.98. The molecule has 12 heteroatoms. The minimum Gasteiger partial charge on any atom is -0.379 e. The maximum absolute atomic E-state index is 8.74. The van der Waals surface area contributed by atoms with Crippen molar-refractivity contribution < 1.29 is 39.8 Å². The van der Waals surface area contributed by atoms with Gasteiger partial charge in [0.15, 0.2) is 0 Å². The lowest BCUT2D eigenvalue weighted by Crippen LogP contribution is -2.30. The molecule has 0 unspecified atom stereocenters. The summed E-state index contributed by atoms with van der Waals surface area (Å²) in [6.07, 6.45) is 0. The van der Waals surface area contributed by atoms with Crippen LogP contribution < -0.4 is 5.32 Å². The van der Waals surface area contributed by atoms with E-state index in [1.165, 1.54) is 0 Å². The van der Waals surface area contributed by atoms with Crippen LogP contribution in [0.25, 0.3) is 0 Å². The zero-order chi connectivity index (χ0) is 13.2. The molecule has 1 fully saturated rings. The van der Waals surface area contributed by atoms with E-state index < -0.39 is 20.8 Å². The molecular weight excluding hydrogens is 270 g/mol. The summed E-state index contributed by atoms with van der Waals surface area (Å²) < 4.78 is 68.2. The lowest BCUT2D eigenvalue weighted by Gasteiger charge is -2.10. The maximum Gasteiger partial charge on any atom is 0.394 e. The molecule has 0 aromatic carbocycles. The third kappa shape index (κ3) is 68.3. The first-order chi connectivity index (χ1) is 7.00. The predicted molar refractivity (Wildman–Crippen MR) is 52.0 cm³/mol. The summed E-state index contributed by atoms with van der Waals surface area (Å²) in [6, 6.07) is 0. The number of hydrogen-bond donors (Lipinski definition) is 5. The van der Waals surface area contributed by atoms with E-state index in [9.17, 15) is 0 Å². The SMILES string of the molecule is C1COCCN1.O=S(=O)(O)O.O=S(=O)(O)O. The van der Waals surface area contributed by atoms with Crippen molar-refractivity contribution in [3.8, 4) is 0 Å². The molecule has 1 rings (SSSR count). The van der Waals surface area contributed by atoms with Gasteiger partial charge in [-0.1, -0.05) is 0 Å². The molecule has 5 N–H and O–H groups in total. The van der Waals surface area contributed by atoms with Crippen LogP contribution in [-0.2, 0) is 25.5 Å². The molecular formula is C4H13NO9S2. The van der Waals surface area contributed by atoms with Crippen LogP contribution >= 0.6 is 0 Å². The Labute approximate surface area is 92.8 Å². The zero-order valence-corrected chi connectivity index (χ0v) is 9.61. The van der Waals surface area contributed by atoms with Crippen molar-refractivity contribution in [2.75, 3.05) is 26.3 Å². The van der Waals surface area contributed by atoms with Crippen molar-refractivity contribution >= 4 is 20.8 Å². The summed E-state index contributed by atoms with van der Waals surface area (Å²) in [6.45, 7) is 3.83. The fourth-order valence-corrected chi connectivity index (χ4v) is 0.516. The van der Waals surface area contributed by atoms with E-state index in [4.69, 9.17) is 39.8 Å². The molecule has 0 aromatic heterocycles. The monoisotopic (exact) mass is 283 g/mol. The van der Waals surface area contributed by atoms with E-state index >= 15 is 0 Å². The first-order valence-corrected chi connectivity index (χ1v) is 6.48. The van der Waals surface area contributed by atoms with Gasteiger partial charge >= 0.3 is 20.8 Å². The molecule has 16 heavy (non-hydrogen) atoms. The summed E-state index contributed by atoms with van der Waals surface area (Å²) in [5.74, 6) is 0. The van der Waals surface area contributed by atoms with Gasteiger partial charge in [-0.25, -0.2) is 0 Å². The maximum atomic E-state index is 8.74. The minimum absolute atomic E-state index is 0.889. The number of nitrogens with one attached hydrogen (secondary N) is 1. The van der Waals surface area contributed by atoms with Gasteiger partial charge in [-0.05, 0) is 0 Å². The molecule has 1 aliphatic rings. The second-order valence-corrected chi connectivity index (χ2v) is 4.05. The highest BCUT2D eigenvalue weighted by Gasteiger charge is 1.93. The molecule has 0 aromatic rings. The third-order valence-electron chi connectivity index (χ3n) is 0.846. The smallest absolute Gasteiger partial charge is 0.379 e. The Kier molecular flexibility index (Phi) is 9.89. The van der Waals surface area contributed by atoms with Crippen molar-refractivity contribution in [2.24, 2.45) is 0 Å². The molecule has 0 bridgehead atoms. The van der Waals surface area contributed by atoms with Crippen molar-refractivity contribution in [1.29, 1.82) is 0 Å². The van der Waals surface area contributed by atoms with Gasteiger partial charge in [0.25, 0.3) is 0 Å². The van der Waals surface area contributed by atoms with E-state index in [2.05, 4.69) is 5.32 Å². The summed E-state index contributed by atoms with van der Waals surface area (Å²) in [5, 5.41) is 3.16. The van der Waals surface area contributed by atoms with Crippen LogP contribution in [0.2, 0.25) is 0 Å². The number of hydrogen-bond acceptors (Lipinski definition) is 6. The van der Waals surface area contributed by atoms with Gasteiger partial charge in [0, 0.05) is 13.1 Å². The van der Waals surface area contributed by atoms with Crippen LogP contribution in [0.1, 0.15) is 0 Å². The standard InChI is InChI=1S/C4H9NO.2H2O4S/c1-3-6-4-2-5-1;2*1-5(2,3)4/h5H,1-4H2;2*(H2,1,2,3,4). The average molecular weight is 283 g/mol. The average Bonchev–Trinajstić information content (AvgIpc) is 2.01.